The Morgan fingerprint density at radius 3 is 2.61 bits per heavy atom. The number of nitrogens with zero attached hydrogens (tertiary/aromatic N) is 3. The lowest BCUT2D eigenvalue weighted by molar-refractivity contribution is -0.119. The predicted octanol–water partition coefficient (Wildman–Crippen LogP) is 4.39. The number of ether oxygens (including phenoxy) is 1. The van der Waals surface area contributed by atoms with Crippen molar-refractivity contribution in [3.8, 4) is 11.1 Å². The molecule has 1 unspecified atom stereocenters. The molecule has 2 atom stereocenters. The van der Waals surface area contributed by atoms with E-state index in [1.54, 1.807) is 26.4 Å². The highest BCUT2D eigenvalue weighted by atomic mass is 19.3. The minimum Gasteiger partial charge on any atom is -0.375 e. The molecular formula is C24H26F2N4O3. The number of pyridine rings is 3. The van der Waals surface area contributed by atoms with Crippen LogP contribution in [0, 0.1) is 12.8 Å². The van der Waals surface area contributed by atoms with E-state index < -0.39 is 24.2 Å². The summed E-state index contributed by atoms with van der Waals surface area (Å²) in [6, 6.07) is 5.18. The standard InChI is InChI=1S/C24H26F2N4O3/c1-5-6-20(33-4)18-7-13(2)16(12-27-18)15-8-14-11-28-21(9-19(14)30(3)23(15)32)29-22(31)17-10-24(17,25)26/h7-9,11-12,17,20H,5-6,10H2,1-4H3,(H,28,29,31)/t17-,20?/m1/s1. The van der Waals surface area contributed by atoms with Gasteiger partial charge in [-0.3, -0.25) is 14.6 Å². The molecule has 1 N–H and O–H groups in total. The molecule has 174 valence electrons. The fourth-order valence-electron chi connectivity index (χ4n) is 4.02. The molecule has 0 bridgehead atoms. The van der Waals surface area contributed by atoms with E-state index in [1.807, 2.05) is 13.0 Å². The van der Waals surface area contributed by atoms with Gasteiger partial charge in [0.2, 0.25) is 5.91 Å². The number of halogens is 2. The Kier molecular flexibility index (Phi) is 6.00. The van der Waals surface area contributed by atoms with Crippen molar-refractivity contribution in [2.45, 2.75) is 45.1 Å². The summed E-state index contributed by atoms with van der Waals surface area (Å²) >= 11 is 0. The van der Waals surface area contributed by atoms with Gasteiger partial charge in [-0.1, -0.05) is 13.3 Å². The van der Waals surface area contributed by atoms with E-state index in [1.165, 1.54) is 16.8 Å². The fraction of sp³-hybridized carbons (Fsp3) is 0.417. The van der Waals surface area contributed by atoms with Crippen LogP contribution in [0.2, 0.25) is 0 Å². The molecule has 0 aliphatic heterocycles. The third kappa shape index (κ3) is 4.37. The van der Waals surface area contributed by atoms with Gasteiger partial charge in [-0.15, -0.1) is 0 Å². The third-order valence-electron chi connectivity index (χ3n) is 6.09. The van der Waals surface area contributed by atoms with Gasteiger partial charge in [0.1, 0.15) is 11.7 Å². The number of aryl methyl sites for hydroxylation is 2. The van der Waals surface area contributed by atoms with E-state index >= 15 is 0 Å². The van der Waals surface area contributed by atoms with Crippen molar-refractivity contribution < 1.29 is 18.3 Å². The maximum Gasteiger partial charge on any atom is 0.260 e. The lowest BCUT2D eigenvalue weighted by Crippen LogP contribution is -2.21. The summed E-state index contributed by atoms with van der Waals surface area (Å²) in [5.41, 5.74) is 3.19. The highest BCUT2D eigenvalue weighted by Gasteiger charge is 2.61. The van der Waals surface area contributed by atoms with Gasteiger partial charge in [0, 0.05) is 55.6 Å². The Hall–Kier alpha value is -3.20. The van der Waals surface area contributed by atoms with Crippen LogP contribution in [0.5, 0.6) is 0 Å². The molecule has 0 radical (unpaired) electrons. The zero-order chi connectivity index (χ0) is 23.9. The Balaban J connectivity index is 1.68. The second-order valence-corrected chi connectivity index (χ2v) is 8.49. The number of carbonyl (C=O) groups is 1. The summed E-state index contributed by atoms with van der Waals surface area (Å²) in [6.07, 6.45) is 4.46. The van der Waals surface area contributed by atoms with E-state index in [2.05, 4.69) is 22.2 Å². The molecule has 9 heteroatoms. The van der Waals surface area contributed by atoms with Crippen molar-refractivity contribution in [2.75, 3.05) is 12.4 Å². The van der Waals surface area contributed by atoms with Crippen molar-refractivity contribution in [1.82, 2.24) is 14.5 Å². The molecule has 0 aromatic carbocycles. The largest absolute Gasteiger partial charge is 0.375 e. The number of anilines is 1. The highest BCUT2D eigenvalue weighted by Crippen LogP contribution is 2.49. The topological polar surface area (TPSA) is 86.1 Å². The maximum absolute atomic E-state index is 13.2. The van der Waals surface area contributed by atoms with Gasteiger partial charge in [-0.05, 0) is 31.0 Å². The van der Waals surface area contributed by atoms with E-state index in [-0.39, 0.29) is 17.5 Å². The Morgan fingerprint density at radius 2 is 2.00 bits per heavy atom. The molecule has 1 saturated carbocycles. The van der Waals surface area contributed by atoms with Crippen molar-refractivity contribution in [2.24, 2.45) is 13.0 Å². The van der Waals surface area contributed by atoms with Gasteiger partial charge in [-0.25, -0.2) is 13.8 Å². The van der Waals surface area contributed by atoms with Crippen LogP contribution in [0.3, 0.4) is 0 Å². The zero-order valence-corrected chi connectivity index (χ0v) is 19.0. The Bertz CT molecular complexity index is 1290. The molecule has 1 aliphatic rings. The molecule has 3 aromatic heterocycles. The summed E-state index contributed by atoms with van der Waals surface area (Å²) in [7, 11) is 3.28. The molecule has 1 fully saturated rings. The minimum atomic E-state index is -2.95. The molecule has 33 heavy (non-hydrogen) atoms. The van der Waals surface area contributed by atoms with Gasteiger partial charge in [0.05, 0.1) is 17.3 Å². The first-order valence-electron chi connectivity index (χ1n) is 10.8. The molecule has 3 aromatic rings. The highest BCUT2D eigenvalue weighted by molar-refractivity contribution is 5.96. The molecule has 1 aliphatic carbocycles. The van der Waals surface area contributed by atoms with Crippen LogP contribution in [0.4, 0.5) is 14.6 Å². The van der Waals surface area contributed by atoms with Gasteiger partial charge < -0.3 is 14.6 Å². The van der Waals surface area contributed by atoms with Crippen LogP contribution < -0.4 is 10.9 Å². The number of methoxy groups -OCH3 is 1. The van der Waals surface area contributed by atoms with Crippen LogP contribution in [-0.4, -0.2) is 33.5 Å². The summed E-state index contributed by atoms with van der Waals surface area (Å²) in [4.78, 5) is 33.8. The molecule has 7 nitrogen and oxygen atoms in total. The summed E-state index contributed by atoms with van der Waals surface area (Å²) in [5, 5.41) is 3.09. The Labute approximate surface area is 189 Å². The normalized spacial score (nSPS) is 17.7. The van der Waals surface area contributed by atoms with Crippen LogP contribution in [-0.2, 0) is 16.6 Å². The quantitative estimate of drug-likeness (QED) is 0.570. The van der Waals surface area contributed by atoms with Crippen LogP contribution in [0.25, 0.3) is 22.0 Å². The summed E-state index contributed by atoms with van der Waals surface area (Å²) in [6.45, 7) is 4.01. The number of carbonyl (C=O) groups excluding carboxylic acids is 1. The molecule has 4 rings (SSSR count). The average Bonchev–Trinajstić information content (AvgIpc) is 3.43. The van der Waals surface area contributed by atoms with Gasteiger partial charge >= 0.3 is 0 Å². The number of fused-ring (bicyclic) bond motifs is 1. The zero-order valence-electron chi connectivity index (χ0n) is 19.0. The first kappa shape index (κ1) is 23.0. The summed E-state index contributed by atoms with van der Waals surface area (Å²) < 4.78 is 33.3. The molecule has 0 saturated heterocycles. The average molecular weight is 456 g/mol. The summed E-state index contributed by atoms with van der Waals surface area (Å²) in [5.74, 6) is -4.92. The number of rotatable bonds is 7. The Morgan fingerprint density at radius 1 is 1.27 bits per heavy atom. The SMILES string of the molecule is CCCC(OC)c1cc(C)c(-c2cc3cnc(NC(=O)[C@H]4CC4(F)F)cc3n(C)c2=O)cn1. The van der Waals surface area contributed by atoms with Gasteiger partial charge in [-0.2, -0.15) is 0 Å². The number of amides is 1. The lowest BCUT2D eigenvalue weighted by Gasteiger charge is -2.16. The number of nitrogens with one attached hydrogen (secondary N) is 1. The number of alkyl halides is 2. The molecule has 0 spiro atoms. The van der Waals surface area contributed by atoms with Crippen LogP contribution in [0.15, 0.2) is 35.4 Å². The number of aromatic nitrogens is 3. The second kappa shape index (κ2) is 8.62. The smallest absolute Gasteiger partial charge is 0.260 e. The molecule has 1 amide bonds. The number of hydrogen-bond donors (Lipinski definition) is 1. The van der Waals surface area contributed by atoms with E-state index in [0.717, 1.165) is 24.1 Å². The second-order valence-electron chi connectivity index (χ2n) is 8.49. The molecular weight excluding hydrogens is 430 g/mol. The van der Waals surface area contributed by atoms with E-state index in [4.69, 9.17) is 4.74 Å². The first-order chi connectivity index (χ1) is 15.7. The van der Waals surface area contributed by atoms with Crippen LogP contribution in [0.1, 0.15) is 43.5 Å². The lowest BCUT2D eigenvalue weighted by atomic mass is 10.00. The van der Waals surface area contributed by atoms with Crippen molar-refractivity contribution in [3.63, 3.8) is 0 Å². The minimum absolute atomic E-state index is 0.101. The predicted molar refractivity (Wildman–Crippen MR) is 121 cm³/mol. The van der Waals surface area contributed by atoms with Crippen LogP contribution >= 0.6 is 0 Å². The number of hydrogen-bond acceptors (Lipinski definition) is 5. The first-order valence-corrected chi connectivity index (χ1v) is 10.8. The third-order valence-corrected chi connectivity index (χ3v) is 6.09. The van der Waals surface area contributed by atoms with E-state index in [9.17, 15) is 18.4 Å². The van der Waals surface area contributed by atoms with Crippen molar-refractivity contribution >= 4 is 22.6 Å². The molecule has 3 heterocycles. The maximum atomic E-state index is 13.2. The van der Waals surface area contributed by atoms with Gasteiger partial charge in [0.15, 0.2) is 0 Å². The fourth-order valence-corrected chi connectivity index (χ4v) is 4.02. The van der Waals surface area contributed by atoms with Crippen molar-refractivity contribution in [3.05, 3.63) is 52.2 Å². The monoisotopic (exact) mass is 456 g/mol. The van der Waals surface area contributed by atoms with Crippen molar-refractivity contribution in [1.29, 1.82) is 0 Å². The van der Waals surface area contributed by atoms with E-state index in [0.29, 0.717) is 22.0 Å². The van der Waals surface area contributed by atoms with Gasteiger partial charge in [0.25, 0.3) is 11.5 Å².